The van der Waals surface area contributed by atoms with Crippen LogP contribution < -0.4 is 10.1 Å². The van der Waals surface area contributed by atoms with E-state index in [1.807, 2.05) is 56.9 Å². The van der Waals surface area contributed by atoms with Crippen LogP contribution in [0.2, 0.25) is 0 Å². The van der Waals surface area contributed by atoms with E-state index in [0.29, 0.717) is 36.9 Å². The van der Waals surface area contributed by atoms with Gasteiger partial charge in [-0.1, -0.05) is 12.1 Å². The van der Waals surface area contributed by atoms with E-state index in [2.05, 4.69) is 15.3 Å². The summed E-state index contributed by atoms with van der Waals surface area (Å²) >= 11 is 0. The Kier molecular flexibility index (Phi) is 6.46. The molecular formula is C21H28N4O3. The first-order valence-electron chi connectivity index (χ1n) is 9.67. The van der Waals surface area contributed by atoms with Crippen molar-refractivity contribution in [2.24, 2.45) is 0 Å². The van der Waals surface area contributed by atoms with Crippen molar-refractivity contribution in [1.82, 2.24) is 14.9 Å². The van der Waals surface area contributed by atoms with Crippen LogP contribution in [0, 0.1) is 0 Å². The van der Waals surface area contributed by atoms with Crippen LogP contribution in [0.1, 0.15) is 43.6 Å². The Morgan fingerprint density at radius 2 is 1.82 bits per heavy atom. The lowest BCUT2D eigenvalue weighted by atomic mass is 10.1. The average molecular weight is 384 g/mol. The fourth-order valence-electron chi connectivity index (χ4n) is 3.23. The molecule has 1 saturated heterocycles. The smallest absolute Gasteiger partial charge is 0.257 e. The lowest BCUT2D eigenvalue weighted by Crippen LogP contribution is -2.48. The molecule has 150 valence electrons. The molecule has 0 saturated carbocycles. The number of amides is 1. The van der Waals surface area contributed by atoms with Crippen LogP contribution in [0.4, 0.5) is 5.82 Å². The zero-order chi connectivity index (χ0) is 20.1. The highest BCUT2D eigenvalue weighted by Crippen LogP contribution is 2.20. The molecule has 0 radical (unpaired) electrons. The van der Waals surface area contributed by atoms with Gasteiger partial charge >= 0.3 is 0 Å². The summed E-state index contributed by atoms with van der Waals surface area (Å²) in [6.07, 6.45) is 3.38. The molecule has 28 heavy (non-hydrogen) atoms. The number of carbonyl (C=O) groups excluding carboxylic acids is 1. The Morgan fingerprint density at radius 3 is 2.46 bits per heavy atom. The van der Waals surface area contributed by atoms with Crippen LogP contribution >= 0.6 is 0 Å². The second-order valence-corrected chi connectivity index (χ2v) is 7.39. The summed E-state index contributed by atoms with van der Waals surface area (Å²) in [5.41, 5.74) is 1.73. The van der Waals surface area contributed by atoms with E-state index in [4.69, 9.17) is 9.47 Å². The van der Waals surface area contributed by atoms with Crippen LogP contribution in [-0.4, -0.2) is 52.2 Å². The first kappa shape index (κ1) is 20.1. The molecule has 0 bridgehead atoms. The Hall–Kier alpha value is -2.67. The summed E-state index contributed by atoms with van der Waals surface area (Å²) in [5.74, 6) is 1.13. The highest BCUT2D eigenvalue weighted by molar-refractivity contribution is 5.94. The first-order chi connectivity index (χ1) is 13.4. The Bertz CT molecular complexity index is 784. The van der Waals surface area contributed by atoms with Crippen molar-refractivity contribution in [2.45, 2.75) is 52.6 Å². The molecular weight excluding hydrogens is 356 g/mol. The molecule has 7 heteroatoms. The fraction of sp³-hybridized carbons (Fsp3) is 0.476. The second kappa shape index (κ2) is 9.01. The number of carbonyl (C=O) groups is 1. The maximum atomic E-state index is 12.7. The van der Waals surface area contributed by atoms with Gasteiger partial charge in [0.2, 0.25) is 0 Å². The predicted octanol–water partition coefficient (Wildman–Crippen LogP) is 3.13. The van der Waals surface area contributed by atoms with Crippen molar-refractivity contribution in [1.29, 1.82) is 0 Å². The topological polar surface area (TPSA) is 76.6 Å². The van der Waals surface area contributed by atoms with E-state index in [-0.39, 0.29) is 24.2 Å². The first-order valence-corrected chi connectivity index (χ1v) is 9.67. The van der Waals surface area contributed by atoms with Crippen molar-refractivity contribution in [3.05, 3.63) is 47.8 Å². The second-order valence-electron chi connectivity index (χ2n) is 7.39. The van der Waals surface area contributed by atoms with Crippen molar-refractivity contribution < 1.29 is 14.3 Å². The van der Waals surface area contributed by atoms with Crippen LogP contribution in [0.25, 0.3) is 0 Å². The summed E-state index contributed by atoms with van der Waals surface area (Å²) in [5, 5.41) is 3.25. The van der Waals surface area contributed by atoms with Crippen LogP contribution in [0.15, 0.2) is 36.7 Å². The average Bonchev–Trinajstić information content (AvgIpc) is 2.66. The summed E-state index contributed by atoms with van der Waals surface area (Å²) in [7, 11) is 0. The molecule has 0 spiro atoms. The van der Waals surface area contributed by atoms with Crippen molar-refractivity contribution in [3.63, 3.8) is 0 Å². The quantitative estimate of drug-likeness (QED) is 0.825. The fourth-order valence-corrected chi connectivity index (χ4v) is 3.23. The van der Waals surface area contributed by atoms with Crippen molar-refractivity contribution >= 4 is 11.7 Å². The summed E-state index contributed by atoms with van der Waals surface area (Å²) < 4.78 is 11.4. The van der Waals surface area contributed by atoms with E-state index < -0.39 is 0 Å². The van der Waals surface area contributed by atoms with Gasteiger partial charge < -0.3 is 19.7 Å². The molecule has 2 atom stereocenters. The van der Waals surface area contributed by atoms with Gasteiger partial charge in [-0.15, -0.1) is 0 Å². The Morgan fingerprint density at radius 1 is 1.18 bits per heavy atom. The molecule has 1 aromatic carbocycles. The van der Waals surface area contributed by atoms with Gasteiger partial charge in [0.1, 0.15) is 0 Å². The van der Waals surface area contributed by atoms with Gasteiger partial charge in [-0.25, -0.2) is 9.97 Å². The maximum absolute atomic E-state index is 12.7. The molecule has 1 N–H and O–H groups in total. The third kappa shape index (κ3) is 5.19. The SMILES string of the molecule is CC(C)Oc1nccnc1NCc1ccc(C(=O)N2CC(C)OC(C)C2)cc1. The number of hydrogen-bond donors (Lipinski definition) is 1. The van der Waals surface area contributed by atoms with E-state index in [1.165, 1.54) is 0 Å². The minimum absolute atomic E-state index is 0.0215. The van der Waals surface area contributed by atoms with Gasteiger partial charge in [-0.3, -0.25) is 4.79 Å². The largest absolute Gasteiger partial charge is 0.472 e. The number of anilines is 1. The number of aromatic nitrogens is 2. The highest BCUT2D eigenvalue weighted by Gasteiger charge is 2.26. The van der Waals surface area contributed by atoms with Crippen LogP contribution in [0.5, 0.6) is 5.88 Å². The molecule has 0 aliphatic carbocycles. The third-order valence-corrected chi connectivity index (χ3v) is 4.38. The van der Waals surface area contributed by atoms with E-state index in [0.717, 1.165) is 5.56 Å². The molecule has 3 rings (SSSR count). The van der Waals surface area contributed by atoms with Crippen molar-refractivity contribution in [3.8, 4) is 5.88 Å². The summed E-state index contributed by atoms with van der Waals surface area (Å²) in [6.45, 7) is 9.69. The van der Waals surface area contributed by atoms with E-state index >= 15 is 0 Å². The number of rotatable bonds is 6. The Balaban J connectivity index is 1.61. The van der Waals surface area contributed by atoms with Crippen LogP contribution in [0.3, 0.4) is 0 Å². The molecule has 1 aliphatic rings. The number of hydrogen-bond acceptors (Lipinski definition) is 6. The standard InChI is InChI=1S/C21H28N4O3/c1-14(2)27-20-19(22-9-10-23-20)24-11-17-5-7-18(8-6-17)21(26)25-12-15(3)28-16(4)13-25/h5-10,14-16H,11-13H2,1-4H3,(H,22,24). The highest BCUT2D eigenvalue weighted by atomic mass is 16.5. The molecule has 1 aliphatic heterocycles. The van der Waals surface area contributed by atoms with Gasteiger partial charge in [-0.2, -0.15) is 0 Å². The molecule has 2 heterocycles. The van der Waals surface area contributed by atoms with Crippen LogP contribution in [-0.2, 0) is 11.3 Å². The van der Waals surface area contributed by atoms with E-state index in [9.17, 15) is 4.79 Å². The lowest BCUT2D eigenvalue weighted by molar-refractivity contribution is -0.0586. The number of benzene rings is 1. The minimum atomic E-state index is 0.0215. The Labute approximate surface area is 166 Å². The summed E-state index contributed by atoms with van der Waals surface area (Å²) in [4.78, 5) is 23.1. The molecule has 1 aromatic heterocycles. The zero-order valence-corrected chi connectivity index (χ0v) is 16.9. The lowest BCUT2D eigenvalue weighted by Gasteiger charge is -2.35. The molecule has 1 fully saturated rings. The minimum Gasteiger partial charge on any atom is -0.472 e. The van der Waals surface area contributed by atoms with Gasteiger partial charge in [0.15, 0.2) is 5.82 Å². The monoisotopic (exact) mass is 384 g/mol. The summed E-state index contributed by atoms with van der Waals surface area (Å²) in [6, 6.07) is 7.64. The van der Waals surface area contributed by atoms with Gasteiger partial charge in [0.05, 0.1) is 18.3 Å². The third-order valence-electron chi connectivity index (χ3n) is 4.38. The predicted molar refractivity (Wildman–Crippen MR) is 107 cm³/mol. The van der Waals surface area contributed by atoms with Gasteiger partial charge in [-0.05, 0) is 45.4 Å². The van der Waals surface area contributed by atoms with E-state index in [1.54, 1.807) is 12.4 Å². The molecule has 1 amide bonds. The molecule has 2 unspecified atom stereocenters. The number of nitrogens with one attached hydrogen (secondary N) is 1. The van der Waals surface area contributed by atoms with Gasteiger partial charge in [0, 0.05) is 37.6 Å². The number of morpholine rings is 1. The number of nitrogens with zero attached hydrogens (tertiary/aromatic N) is 3. The maximum Gasteiger partial charge on any atom is 0.257 e. The zero-order valence-electron chi connectivity index (χ0n) is 16.9. The molecule has 2 aromatic rings. The van der Waals surface area contributed by atoms with Crippen molar-refractivity contribution in [2.75, 3.05) is 18.4 Å². The normalized spacial score (nSPS) is 19.5. The molecule has 7 nitrogen and oxygen atoms in total. The van der Waals surface area contributed by atoms with Gasteiger partial charge in [0.25, 0.3) is 11.8 Å². The number of ether oxygens (including phenoxy) is 2.